The molecule has 0 unspecified atom stereocenters. The van der Waals surface area contributed by atoms with Crippen molar-refractivity contribution in [1.82, 2.24) is 14.8 Å². The van der Waals surface area contributed by atoms with Crippen molar-refractivity contribution in [3.05, 3.63) is 58.6 Å². The van der Waals surface area contributed by atoms with Gasteiger partial charge in [-0.3, -0.25) is 0 Å². The summed E-state index contributed by atoms with van der Waals surface area (Å²) in [5, 5.41) is 9.51. The molecular formula is C18H18BrN3OS. The summed E-state index contributed by atoms with van der Waals surface area (Å²) < 4.78 is 8.81. The smallest absolute Gasteiger partial charge is 0.191 e. The lowest BCUT2D eigenvalue weighted by atomic mass is 10.1. The van der Waals surface area contributed by atoms with Crippen molar-refractivity contribution >= 4 is 27.7 Å². The van der Waals surface area contributed by atoms with E-state index in [0.29, 0.717) is 6.61 Å². The van der Waals surface area contributed by atoms with E-state index in [2.05, 4.69) is 51.3 Å². The standard InChI is InChI=1S/C18H18BrN3OS/c1-13-4-3-5-14(12-13)17-20-21-18(22(17)2)24-11-10-23-16-8-6-15(19)7-9-16/h3-9,12H,10-11H2,1-2H3. The van der Waals surface area contributed by atoms with Crippen LogP contribution in [0.1, 0.15) is 5.56 Å². The molecule has 1 aromatic heterocycles. The fourth-order valence-corrected chi connectivity index (χ4v) is 3.29. The third-order valence-corrected chi connectivity index (χ3v) is 5.02. The maximum Gasteiger partial charge on any atom is 0.191 e. The summed E-state index contributed by atoms with van der Waals surface area (Å²) in [4.78, 5) is 0. The van der Waals surface area contributed by atoms with Crippen LogP contribution >= 0.6 is 27.7 Å². The van der Waals surface area contributed by atoms with E-state index in [1.807, 2.05) is 41.9 Å². The topological polar surface area (TPSA) is 39.9 Å². The molecule has 0 saturated heterocycles. The molecular weight excluding hydrogens is 386 g/mol. The summed E-state index contributed by atoms with van der Waals surface area (Å²) in [6, 6.07) is 16.1. The second kappa shape index (κ2) is 7.85. The van der Waals surface area contributed by atoms with Gasteiger partial charge in [0.15, 0.2) is 11.0 Å². The zero-order chi connectivity index (χ0) is 16.9. The summed E-state index contributed by atoms with van der Waals surface area (Å²) >= 11 is 5.06. The van der Waals surface area contributed by atoms with Gasteiger partial charge in [0.1, 0.15) is 5.75 Å². The molecule has 0 amide bonds. The van der Waals surface area contributed by atoms with Crippen molar-refractivity contribution in [2.24, 2.45) is 7.05 Å². The summed E-state index contributed by atoms with van der Waals surface area (Å²) in [7, 11) is 2.00. The molecule has 0 N–H and O–H groups in total. The van der Waals surface area contributed by atoms with Gasteiger partial charge in [-0.15, -0.1) is 10.2 Å². The number of nitrogens with zero attached hydrogens (tertiary/aromatic N) is 3. The maximum absolute atomic E-state index is 5.73. The van der Waals surface area contributed by atoms with Crippen molar-refractivity contribution in [3.63, 3.8) is 0 Å². The van der Waals surface area contributed by atoms with Gasteiger partial charge in [0.2, 0.25) is 0 Å². The van der Waals surface area contributed by atoms with Crippen LogP contribution in [0, 0.1) is 6.92 Å². The highest BCUT2D eigenvalue weighted by atomic mass is 79.9. The Morgan fingerprint density at radius 2 is 1.92 bits per heavy atom. The number of benzene rings is 2. The van der Waals surface area contributed by atoms with Crippen LogP contribution in [0.2, 0.25) is 0 Å². The molecule has 0 fully saturated rings. The normalized spacial score (nSPS) is 10.8. The first-order chi connectivity index (χ1) is 11.6. The molecule has 2 aromatic carbocycles. The largest absolute Gasteiger partial charge is 0.493 e. The molecule has 24 heavy (non-hydrogen) atoms. The van der Waals surface area contributed by atoms with Crippen LogP contribution in [0.25, 0.3) is 11.4 Å². The lowest BCUT2D eigenvalue weighted by Crippen LogP contribution is -2.02. The number of rotatable bonds is 6. The molecule has 0 aliphatic carbocycles. The minimum absolute atomic E-state index is 0.624. The van der Waals surface area contributed by atoms with Crippen LogP contribution in [-0.4, -0.2) is 27.1 Å². The molecule has 6 heteroatoms. The molecule has 124 valence electrons. The van der Waals surface area contributed by atoms with Crippen molar-refractivity contribution in [2.75, 3.05) is 12.4 Å². The number of hydrogen-bond acceptors (Lipinski definition) is 4. The second-order valence-electron chi connectivity index (χ2n) is 5.39. The van der Waals surface area contributed by atoms with Crippen molar-refractivity contribution < 1.29 is 4.74 Å². The summed E-state index contributed by atoms with van der Waals surface area (Å²) in [5.74, 6) is 2.57. The van der Waals surface area contributed by atoms with Crippen LogP contribution in [0.15, 0.2) is 58.2 Å². The monoisotopic (exact) mass is 403 g/mol. The highest BCUT2D eigenvalue weighted by molar-refractivity contribution is 9.10. The Hall–Kier alpha value is -1.79. The van der Waals surface area contributed by atoms with E-state index >= 15 is 0 Å². The zero-order valence-electron chi connectivity index (χ0n) is 13.6. The molecule has 0 aliphatic rings. The van der Waals surface area contributed by atoms with Gasteiger partial charge in [-0.05, 0) is 37.3 Å². The van der Waals surface area contributed by atoms with Crippen LogP contribution in [0.3, 0.4) is 0 Å². The first-order valence-electron chi connectivity index (χ1n) is 7.61. The molecule has 3 rings (SSSR count). The van der Waals surface area contributed by atoms with E-state index in [9.17, 15) is 0 Å². The van der Waals surface area contributed by atoms with Gasteiger partial charge in [-0.25, -0.2) is 0 Å². The summed E-state index contributed by atoms with van der Waals surface area (Å²) in [6.45, 7) is 2.70. The fraction of sp³-hybridized carbons (Fsp3) is 0.222. The van der Waals surface area contributed by atoms with Gasteiger partial charge in [-0.1, -0.05) is 51.5 Å². The highest BCUT2D eigenvalue weighted by Crippen LogP contribution is 2.23. The van der Waals surface area contributed by atoms with Gasteiger partial charge in [0, 0.05) is 22.8 Å². The second-order valence-corrected chi connectivity index (χ2v) is 7.36. The molecule has 0 aliphatic heterocycles. The molecule has 0 bridgehead atoms. The number of halogens is 1. The van der Waals surface area contributed by atoms with Crippen LogP contribution in [0.5, 0.6) is 5.75 Å². The molecule has 0 atom stereocenters. The SMILES string of the molecule is Cc1cccc(-c2nnc(SCCOc3ccc(Br)cc3)n2C)c1. The van der Waals surface area contributed by atoms with E-state index in [0.717, 1.165) is 32.5 Å². The number of aryl methyl sites for hydroxylation is 1. The average molecular weight is 404 g/mol. The van der Waals surface area contributed by atoms with E-state index in [-0.39, 0.29) is 0 Å². The minimum atomic E-state index is 0.624. The Morgan fingerprint density at radius 3 is 2.67 bits per heavy atom. The number of ether oxygens (including phenoxy) is 1. The fourth-order valence-electron chi connectivity index (χ4n) is 2.30. The number of aromatic nitrogens is 3. The number of thioether (sulfide) groups is 1. The summed E-state index contributed by atoms with van der Waals surface area (Å²) in [6.07, 6.45) is 0. The molecule has 1 heterocycles. The summed E-state index contributed by atoms with van der Waals surface area (Å²) in [5.41, 5.74) is 2.30. The van der Waals surface area contributed by atoms with Crippen LogP contribution in [0.4, 0.5) is 0 Å². The van der Waals surface area contributed by atoms with E-state index < -0.39 is 0 Å². The van der Waals surface area contributed by atoms with Crippen molar-refractivity contribution in [3.8, 4) is 17.1 Å². The maximum atomic E-state index is 5.73. The first-order valence-corrected chi connectivity index (χ1v) is 9.39. The van der Waals surface area contributed by atoms with Gasteiger partial charge in [-0.2, -0.15) is 0 Å². The van der Waals surface area contributed by atoms with E-state index in [4.69, 9.17) is 4.74 Å². The van der Waals surface area contributed by atoms with Crippen LogP contribution < -0.4 is 4.74 Å². The van der Waals surface area contributed by atoms with Crippen LogP contribution in [-0.2, 0) is 7.05 Å². The quantitative estimate of drug-likeness (QED) is 0.440. The lowest BCUT2D eigenvalue weighted by Gasteiger charge is -2.06. The van der Waals surface area contributed by atoms with Gasteiger partial charge < -0.3 is 9.30 Å². The van der Waals surface area contributed by atoms with Crippen molar-refractivity contribution in [1.29, 1.82) is 0 Å². The zero-order valence-corrected chi connectivity index (χ0v) is 16.0. The predicted molar refractivity (Wildman–Crippen MR) is 102 cm³/mol. The van der Waals surface area contributed by atoms with Gasteiger partial charge in [0.05, 0.1) is 6.61 Å². The Morgan fingerprint density at radius 1 is 1.12 bits per heavy atom. The van der Waals surface area contributed by atoms with Gasteiger partial charge >= 0.3 is 0 Å². The van der Waals surface area contributed by atoms with Gasteiger partial charge in [0.25, 0.3) is 0 Å². The lowest BCUT2D eigenvalue weighted by molar-refractivity contribution is 0.344. The first kappa shape index (κ1) is 17.0. The van der Waals surface area contributed by atoms with Crippen molar-refractivity contribution in [2.45, 2.75) is 12.1 Å². The van der Waals surface area contributed by atoms with E-state index in [1.54, 1.807) is 11.8 Å². The molecule has 4 nitrogen and oxygen atoms in total. The average Bonchev–Trinajstić information content (AvgIpc) is 2.94. The van der Waals surface area contributed by atoms with E-state index in [1.165, 1.54) is 5.56 Å². The number of hydrogen-bond donors (Lipinski definition) is 0. The Labute approximate surface area is 154 Å². The highest BCUT2D eigenvalue weighted by Gasteiger charge is 2.11. The molecule has 0 radical (unpaired) electrons. The predicted octanol–water partition coefficient (Wildman–Crippen LogP) is 4.72. The third kappa shape index (κ3) is 4.19. The molecule has 0 spiro atoms. The third-order valence-electron chi connectivity index (χ3n) is 3.51. The Kier molecular flexibility index (Phi) is 5.58. The Balaban J connectivity index is 1.57. The Bertz CT molecular complexity index is 817. The molecule has 3 aromatic rings. The minimum Gasteiger partial charge on any atom is -0.493 e. The molecule has 0 saturated carbocycles.